The molecule has 0 aliphatic carbocycles. The summed E-state index contributed by atoms with van der Waals surface area (Å²) in [6.45, 7) is 0. The highest BCUT2D eigenvalue weighted by molar-refractivity contribution is 6.17. The van der Waals surface area contributed by atoms with Crippen molar-refractivity contribution in [2.45, 2.75) is 12.5 Å². The summed E-state index contributed by atoms with van der Waals surface area (Å²) < 4.78 is 10.3. The van der Waals surface area contributed by atoms with E-state index < -0.39 is 23.8 Å². The lowest BCUT2D eigenvalue weighted by molar-refractivity contribution is -0.122. The minimum absolute atomic E-state index is 0.0834. The Balaban J connectivity index is 1.60. The van der Waals surface area contributed by atoms with Gasteiger partial charge in [0, 0.05) is 5.69 Å². The van der Waals surface area contributed by atoms with Crippen molar-refractivity contribution in [3.8, 4) is 5.75 Å². The largest absolute Gasteiger partial charge is 0.497 e. The van der Waals surface area contributed by atoms with Crippen LogP contribution in [0.15, 0.2) is 71.3 Å². The van der Waals surface area contributed by atoms with E-state index in [1.807, 2.05) is 0 Å². The molecular formula is C22H19N3O5. The van der Waals surface area contributed by atoms with Gasteiger partial charge in [0.25, 0.3) is 5.91 Å². The smallest absolute Gasteiger partial charge is 0.294 e. The van der Waals surface area contributed by atoms with Gasteiger partial charge in [-0.3, -0.25) is 19.3 Å². The first-order valence-electron chi connectivity index (χ1n) is 9.27. The molecule has 30 heavy (non-hydrogen) atoms. The van der Waals surface area contributed by atoms with Crippen molar-refractivity contribution in [1.82, 2.24) is 0 Å². The molecule has 1 aliphatic heterocycles. The fraction of sp³-hybridized carbons (Fsp3) is 0.136. The summed E-state index contributed by atoms with van der Waals surface area (Å²) in [5.74, 6) is -0.605. The van der Waals surface area contributed by atoms with Gasteiger partial charge in [0.15, 0.2) is 5.76 Å². The average molecular weight is 405 g/mol. The normalized spacial score (nSPS) is 15.2. The molecule has 0 saturated carbocycles. The number of methoxy groups -OCH3 is 1. The number of amides is 3. The van der Waals surface area contributed by atoms with Crippen LogP contribution in [0.5, 0.6) is 5.75 Å². The predicted molar refractivity (Wildman–Crippen MR) is 111 cm³/mol. The highest BCUT2D eigenvalue weighted by atomic mass is 16.5. The maximum absolute atomic E-state index is 13.1. The molecule has 2 aromatic carbocycles. The number of benzene rings is 2. The Kier molecular flexibility index (Phi) is 5.21. The zero-order valence-electron chi connectivity index (χ0n) is 16.1. The van der Waals surface area contributed by atoms with E-state index in [0.29, 0.717) is 22.8 Å². The van der Waals surface area contributed by atoms with Gasteiger partial charge < -0.3 is 19.8 Å². The lowest BCUT2D eigenvalue weighted by Gasteiger charge is -2.35. The molecule has 3 aromatic rings. The van der Waals surface area contributed by atoms with Crippen LogP contribution in [0.2, 0.25) is 0 Å². The quantitative estimate of drug-likeness (QED) is 0.678. The average Bonchev–Trinajstić information content (AvgIpc) is 3.29. The SMILES string of the molecule is COc1ccc(NC(=O)CC2C(=O)Nc3ccccc3N2C(=O)c2ccco2)cc1. The number of fused-ring (bicyclic) bond motifs is 1. The van der Waals surface area contributed by atoms with E-state index in [2.05, 4.69) is 10.6 Å². The maximum atomic E-state index is 13.1. The summed E-state index contributed by atoms with van der Waals surface area (Å²) in [7, 11) is 1.55. The van der Waals surface area contributed by atoms with Crippen molar-refractivity contribution in [3.63, 3.8) is 0 Å². The molecule has 0 saturated heterocycles. The number of nitrogens with zero attached hydrogens (tertiary/aromatic N) is 1. The van der Waals surface area contributed by atoms with Crippen molar-refractivity contribution >= 4 is 34.8 Å². The van der Waals surface area contributed by atoms with Crippen LogP contribution in [0.4, 0.5) is 17.1 Å². The van der Waals surface area contributed by atoms with Crippen LogP contribution < -0.4 is 20.3 Å². The molecule has 0 fully saturated rings. The summed E-state index contributed by atoms with van der Waals surface area (Å²) in [4.78, 5) is 39.8. The Labute approximate surface area is 172 Å². The van der Waals surface area contributed by atoms with Gasteiger partial charge in [0.1, 0.15) is 11.8 Å². The van der Waals surface area contributed by atoms with E-state index in [4.69, 9.17) is 9.15 Å². The molecule has 1 atom stereocenters. The molecule has 1 unspecified atom stereocenters. The molecule has 8 nitrogen and oxygen atoms in total. The van der Waals surface area contributed by atoms with Crippen molar-refractivity contribution in [2.75, 3.05) is 22.6 Å². The Bertz CT molecular complexity index is 1080. The molecule has 2 N–H and O–H groups in total. The van der Waals surface area contributed by atoms with Crippen molar-refractivity contribution in [2.24, 2.45) is 0 Å². The number of carbonyl (C=O) groups excluding carboxylic acids is 3. The van der Waals surface area contributed by atoms with E-state index in [1.165, 1.54) is 17.2 Å². The zero-order chi connectivity index (χ0) is 21.1. The number of nitrogens with one attached hydrogen (secondary N) is 2. The highest BCUT2D eigenvalue weighted by Gasteiger charge is 2.39. The van der Waals surface area contributed by atoms with Gasteiger partial charge >= 0.3 is 0 Å². The highest BCUT2D eigenvalue weighted by Crippen LogP contribution is 2.34. The number of hydrogen-bond donors (Lipinski definition) is 2. The Morgan fingerprint density at radius 3 is 2.57 bits per heavy atom. The minimum atomic E-state index is -1.03. The van der Waals surface area contributed by atoms with E-state index in [9.17, 15) is 14.4 Å². The third-order valence-electron chi connectivity index (χ3n) is 4.74. The fourth-order valence-corrected chi connectivity index (χ4v) is 3.31. The van der Waals surface area contributed by atoms with E-state index in [-0.39, 0.29) is 12.2 Å². The Morgan fingerprint density at radius 1 is 1.10 bits per heavy atom. The minimum Gasteiger partial charge on any atom is -0.497 e. The molecule has 0 spiro atoms. The van der Waals surface area contributed by atoms with Gasteiger partial charge in [-0.1, -0.05) is 12.1 Å². The molecule has 0 bridgehead atoms. The molecule has 0 radical (unpaired) electrons. The van der Waals surface area contributed by atoms with Crippen LogP contribution in [0.1, 0.15) is 17.0 Å². The monoisotopic (exact) mass is 405 g/mol. The van der Waals surface area contributed by atoms with Gasteiger partial charge in [0.05, 0.1) is 31.2 Å². The second-order valence-corrected chi connectivity index (χ2v) is 6.66. The summed E-state index contributed by atoms with van der Waals surface area (Å²) >= 11 is 0. The molecule has 2 heterocycles. The standard InChI is InChI=1S/C22H19N3O5/c1-29-15-10-8-14(9-11-15)23-20(26)13-18-21(27)24-16-5-2-3-6-17(16)25(18)22(28)19-7-4-12-30-19/h2-12,18H,13H2,1H3,(H,23,26)(H,24,27). The van der Waals surface area contributed by atoms with Crippen molar-refractivity contribution in [1.29, 1.82) is 0 Å². The van der Waals surface area contributed by atoms with E-state index >= 15 is 0 Å². The summed E-state index contributed by atoms with van der Waals surface area (Å²) in [6.07, 6.45) is 1.16. The number of furan rings is 1. The molecule has 1 aliphatic rings. The number of ether oxygens (including phenoxy) is 1. The van der Waals surface area contributed by atoms with Gasteiger partial charge in [-0.25, -0.2) is 0 Å². The molecule has 4 rings (SSSR count). The number of anilines is 3. The second-order valence-electron chi connectivity index (χ2n) is 6.66. The number of para-hydroxylation sites is 2. The third kappa shape index (κ3) is 3.75. The van der Waals surface area contributed by atoms with Crippen LogP contribution in [0.3, 0.4) is 0 Å². The van der Waals surface area contributed by atoms with Gasteiger partial charge in [0.2, 0.25) is 11.8 Å². The number of rotatable bonds is 5. The number of hydrogen-bond acceptors (Lipinski definition) is 5. The van der Waals surface area contributed by atoms with Crippen LogP contribution >= 0.6 is 0 Å². The molecule has 8 heteroatoms. The summed E-state index contributed by atoms with van der Waals surface area (Å²) in [5.41, 5.74) is 1.55. The van der Waals surface area contributed by atoms with E-state index in [1.54, 1.807) is 61.7 Å². The second kappa shape index (κ2) is 8.12. The summed E-state index contributed by atoms with van der Waals surface area (Å²) in [5, 5.41) is 5.51. The first kappa shape index (κ1) is 19.3. The Morgan fingerprint density at radius 2 is 1.87 bits per heavy atom. The fourth-order valence-electron chi connectivity index (χ4n) is 3.31. The van der Waals surface area contributed by atoms with Gasteiger partial charge in [-0.2, -0.15) is 0 Å². The first-order chi connectivity index (χ1) is 14.6. The summed E-state index contributed by atoms with van der Waals surface area (Å²) in [6, 6.07) is 15.8. The topological polar surface area (TPSA) is 101 Å². The van der Waals surface area contributed by atoms with Gasteiger partial charge in [-0.05, 0) is 48.5 Å². The predicted octanol–water partition coefficient (Wildman–Crippen LogP) is 3.28. The third-order valence-corrected chi connectivity index (χ3v) is 4.74. The van der Waals surface area contributed by atoms with Crippen molar-refractivity contribution < 1.29 is 23.5 Å². The number of carbonyl (C=O) groups is 3. The molecule has 3 amide bonds. The Hall–Kier alpha value is -4.07. The van der Waals surface area contributed by atoms with Crippen LogP contribution in [0, 0.1) is 0 Å². The van der Waals surface area contributed by atoms with Crippen LogP contribution in [-0.4, -0.2) is 30.9 Å². The van der Waals surface area contributed by atoms with E-state index in [0.717, 1.165) is 0 Å². The first-order valence-corrected chi connectivity index (χ1v) is 9.27. The maximum Gasteiger partial charge on any atom is 0.294 e. The van der Waals surface area contributed by atoms with Gasteiger partial charge in [-0.15, -0.1) is 0 Å². The molecule has 152 valence electrons. The zero-order valence-corrected chi connectivity index (χ0v) is 16.1. The molecular weight excluding hydrogens is 386 g/mol. The lowest BCUT2D eigenvalue weighted by atomic mass is 10.0. The molecule has 1 aromatic heterocycles. The van der Waals surface area contributed by atoms with Crippen LogP contribution in [-0.2, 0) is 9.59 Å². The lowest BCUT2D eigenvalue weighted by Crippen LogP contribution is -2.52. The van der Waals surface area contributed by atoms with Crippen molar-refractivity contribution in [3.05, 3.63) is 72.7 Å². The van der Waals surface area contributed by atoms with Crippen LogP contribution in [0.25, 0.3) is 0 Å².